The zero-order chi connectivity index (χ0) is 15.9. The molecule has 4 nitrogen and oxygen atoms in total. The number of anilines is 1. The van der Waals surface area contributed by atoms with Gasteiger partial charge in [-0.1, -0.05) is 0 Å². The van der Waals surface area contributed by atoms with E-state index in [0.717, 1.165) is 49.3 Å². The van der Waals surface area contributed by atoms with Crippen LogP contribution in [0, 0.1) is 5.82 Å². The van der Waals surface area contributed by atoms with E-state index < -0.39 is 0 Å². The predicted molar refractivity (Wildman–Crippen MR) is 85.8 cm³/mol. The van der Waals surface area contributed by atoms with Gasteiger partial charge in [0.25, 0.3) is 5.91 Å². The molecule has 1 aliphatic carbocycles. The SMILES string of the molecule is O=C(NC1(c2ccc3c(n2)CCCN3)CC1)c1ccc(F)cc1. The molecule has 23 heavy (non-hydrogen) atoms. The first-order valence-corrected chi connectivity index (χ1v) is 7.99. The lowest BCUT2D eigenvalue weighted by Gasteiger charge is -2.22. The molecule has 1 aromatic carbocycles. The van der Waals surface area contributed by atoms with Crippen LogP contribution in [0.25, 0.3) is 0 Å². The van der Waals surface area contributed by atoms with Gasteiger partial charge in [-0.3, -0.25) is 9.78 Å². The van der Waals surface area contributed by atoms with E-state index in [0.29, 0.717) is 5.56 Å². The summed E-state index contributed by atoms with van der Waals surface area (Å²) < 4.78 is 13.0. The molecule has 0 saturated heterocycles. The second-order valence-corrected chi connectivity index (χ2v) is 6.26. The molecule has 0 spiro atoms. The normalized spacial score (nSPS) is 17.8. The Labute approximate surface area is 134 Å². The number of carbonyl (C=O) groups excluding carboxylic acids is 1. The molecule has 2 heterocycles. The number of halogens is 1. The molecule has 2 aromatic rings. The Morgan fingerprint density at radius 3 is 2.70 bits per heavy atom. The standard InChI is InChI=1S/C18H18FN3O/c19-13-5-3-12(4-6-13)17(23)22-18(9-10-18)16-8-7-14-15(21-16)2-1-11-20-14/h3-8,20H,1-2,9-11H2,(H,22,23). The van der Waals surface area contributed by atoms with Crippen LogP contribution < -0.4 is 10.6 Å². The molecule has 2 aliphatic rings. The van der Waals surface area contributed by atoms with Gasteiger partial charge in [-0.05, 0) is 62.1 Å². The van der Waals surface area contributed by atoms with E-state index in [2.05, 4.69) is 16.7 Å². The second-order valence-electron chi connectivity index (χ2n) is 6.26. The number of hydrogen-bond acceptors (Lipinski definition) is 3. The highest BCUT2D eigenvalue weighted by atomic mass is 19.1. The van der Waals surface area contributed by atoms with Gasteiger partial charge in [0.05, 0.1) is 22.6 Å². The number of carbonyl (C=O) groups is 1. The third-order valence-electron chi connectivity index (χ3n) is 4.58. The van der Waals surface area contributed by atoms with Crippen LogP contribution in [0.1, 0.15) is 41.0 Å². The van der Waals surface area contributed by atoms with Crippen LogP contribution in [0.3, 0.4) is 0 Å². The second kappa shape index (κ2) is 5.33. The molecule has 0 atom stereocenters. The van der Waals surface area contributed by atoms with Gasteiger partial charge < -0.3 is 10.6 Å². The summed E-state index contributed by atoms with van der Waals surface area (Å²) in [7, 11) is 0. The van der Waals surface area contributed by atoms with Gasteiger partial charge in [0.2, 0.25) is 0 Å². The van der Waals surface area contributed by atoms with Crippen molar-refractivity contribution in [1.82, 2.24) is 10.3 Å². The number of nitrogens with one attached hydrogen (secondary N) is 2. The maximum atomic E-state index is 13.0. The Hall–Kier alpha value is -2.43. The molecule has 1 aliphatic heterocycles. The van der Waals surface area contributed by atoms with E-state index in [4.69, 9.17) is 4.98 Å². The fourth-order valence-corrected chi connectivity index (χ4v) is 3.06. The fourth-order valence-electron chi connectivity index (χ4n) is 3.06. The molecule has 118 valence electrons. The molecular weight excluding hydrogens is 293 g/mol. The maximum Gasteiger partial charge on any atom is 0.252 e. The highest BCUT2D eigenvalue weighted by Gasteiger charge is 2.47. The summed E-state index contributed by atoms with van der Waals surface area (Å²) in [6.07, 6.45) is 3.83. The smallest absolute Gasteiger partial charge is 0.252 e. The summed E-state index contributed by atoms with van der Waals surface area (Å²) in [5.41, 5.74) is 3.21. The summed E-state index contributed by atoms with van der Waals surface area (Å²) in [5.74, 6) is -0.522. The summed E-state index contributed by atoms with van der Waals surface area (Å²) in [6, 6.07) is 9.67. The first-order chi connectivity index (χ1) is 11.2. The minimum atomic E-state index is -0.363. The first-order valence-electron chi connectivity index (χ1n) is 7.99. The lowest BCUT2D eigenvalue weighted by atomic mass is 10.1. The number of rotatable bonds is 3. The van der Waals surface area contributed by atoms with Crippen LogP contribution in [0.4, 0.5) is 10.1 Å². The number of fused-ring (bicyclic) bond motifs is 1. The van der Waals surface area contributed by atoms with Gasteiger partial charge >= 0.3 is 0 Å². The van der Waals surface area contributed by atoms with Gasteiger partial charge in [0.1, 0.15) is 5.82 Å². The van der Waals surface area contributed by atoms with Crippen molar-refractivity contribution in [2.75, 3.05) is 11.9 Å². The number of nitrogens with zero attached hydrogens (tertiary/aromatic N) is 1. The topological polar surface area (TPSA) is 54.0 Å². The third kappa shape index (κ3) is 2.67. The van der Waals surface area contributed by atoms with Crippen molar-refractivity contribution in [2.45, 2.75) is 31.2 Å². The maximum absolute atomic E-state index is 13.0. The molecule has 0 bridgehead atoms. The van der Waals surface area contributed by atoms with E-state index in [1.165, 1.54) is 24.3 Å². The van der Waals surface area contributed by atoms with Gasteiger partial charge in [0.15, 0.2) is 0 Å². The van der Waals surface area contributed by atoms with Crippen molar-refractivity contribution in [3.63, 3.8) is 0 Å². The van der Waals surface area contributed by atoms with Crippen LogP contribution >= 0.6 is 0 Å². The number of hydrogen-bond donors (Lipinski definition) is 2. The highest BCUT2D eigenvalue weighted by Crippen LogP contribution is 2.45. The minimum absolute atomic E-state index is 0.180. The van der Waals surface area contributed by atoms with Gasteiger partial charge in [0, 0.05) is 12.1 Å². The number of aryl methyl sites for hydroxylation is 1. The van der Waals surface area contributed by atoms with Crippen LogP contribution in [0.5, 0.6) is 0 Å². The Balaban J connectivity index is 1.56. The summed E-state index contributed by atoms with van der Waals surface area (Å²) >= 11 is 0. The van der Waals surface area contributed by atoms with E-state index in [-0.39, 0.29) is 17.3 Å². The molecule has 1 saturated carbocycles. The van der Waals surface area contributed by atoms with Crippen molar-refractivity contribution >= 4 is 11.6 Å². The number of benzene rings is 1. The Morgan fingerprint density at radius 1 is 1.17 bits per heavy atom. The Kier molecular flexibility index (Phi) is 3.29. The van der Waals surface area contributed by atoms with Crippen molar-refractivity contribution in [3.8, 4) is 0 Å². The Bertz CT molecular complexity index is 753. The number of pyridine rings is 1. The fraction of sp³-hybridized carbons (Fsp3) is 0.333. The lowest BCUT2D eigenvalue weighted by Crippen LogP contribution is -2.35. The van der Waals surface area contributed by atoms with Crippen molar-refractivity contribution in [2.24, 2.45) is 0 Å². The zero-order valence-corrected chi connectivity index (χ0v) is 12.7. The Morgan fingerprint density at radius 2 is 1.96 bits per heavy atom. The first kappa shape index (κ1) is 14.2. The van der Waals surface area contributed by atoms with Crippen molar-refractivity contribution < 1.29 is 9.18 Å². The average molecular weight is 311 g/mol. The van der Waals surface area contributed by atoms with Crippen LogP contribution in [0.2, 0.25) is 0 Å². The minimum Gasteiger partial charge on any atom is -0.384 e. The number of aromatic nitrogens is 1. The quantitative estimate of drug-likeness (QED) is 0.916. The average Bonchev–Trinajstić information content (AvgIpc) is 3.35. The van der Waals surface area contributed by atoms with Crippen LogP contribution in [0.15, 0.2) is 36.4 Å². The predicted octanol–water partition coefficient (Wildman–Crippen LogP) is 3.00. The lowest BCUT2D eigenvalue weighted by molar-refractivity contribution is 0.0929. The molecule has 1 amide bonds. The van der Waals surface area contributed by atoms with Crippen LogP contribution in [-0.2, 0) is 12.0 Å². The van der Waals surface area contributed by atoms with Crippen molar-refractivity contribution in [1.29, 1.82) is 0 Å². The van der Waals surface area contributed by atoms with Gasteiger partial charge in [-0.15, -0.1) is 0 Å². The molecule has 0 unspecified atom stereocenters. The molecule has 4 rings (SSSR count). The van der Waals surface area contributed by atoms with Crippen molar-refractivity contribution in [3.05, 3.63) is 59.2 Å². The van der Waals surface area contributed by atoms with E-state index >= 15 is 0 Å². The molecule has 0 radical (unpaired) electrons. The van der Waals surface area contributed by atoms with E-state index in [9.17, 15) is 9.18 Å². The molecule has 1 fully saturated rings. The summed E-state index contributed by atoms with van der Waals surface area (Å²) in [6.45, 7) is 0.987. The number of amides is 1. The summed E-state index contributed by atoms with van der Waals surface area (Å²) in [4.78, 5) is 17.2. The van der Waals surface area contributed by atoms with Gasteiger partial charge in [-0.25, -0.2) is 4.39 Å². The van der Waals surface area contributed by atoms with Crippen LogP contribution in [-0.4, -0.2) is 17.4 Å². The molecular formula is C18H18FN3O. The molecule has 2 N–H and O–H groups in total. The van der Waals surface area contributed by atoms with E-state index in [1.807, 2.05) is 6.07 Å². The van der Waals surface area contributed by atoms with Gasteiger partial charge in [-0.2, -0.15) is 0 Å². The highest BCUT2D eigenvalue weighted by molar-refractivity contribution is 5.95. The van der Waals surface area contributed by atoms with E-state index in [1.54, 1.807) is 0 Å². The third-order valence-corrected chi connectivity index (χ3v) is 4.58. The summed E-state index contributed by atoms with van der Waals surface area (Å²) in [5, 5.41) is 6.43. The molecule has 5 heteroatoms. The monoisotopic (exact) mass is 311 g/mol. The zero-order valence-electron chi connectivity index (χ0n) is 12.7. The molecule has 1 aromatic heterocycles. The largest absolute Gasteiger partial charge is 0.384 e.